The lowest BCUT2D eigenvalue weighted by Gasteiger charge is -2.30. The molecule has 0 aromatic rings. The van der Waals surface area contributed by atoms with E-state index in [1.165, 1.54) is 0 Å². The number of Topliss-reactive ketones (excluding diaryl/α,β-unsaturated/α-hetero) is 2. The zero-order valence-electron chi connectivity index (χ0n) is 20.3. The Morgan fingerprint density at radius 1 is 0.679 bits per heavy atom. The van der Waals surface area contributed by atoms with Crippen molar-refractivity contribution >= 4 is 11.6 Å². The van der Waals surface area contributed by atoms with Crippen LogP contribution in [-0.2, 0) is 9.59 Å². The summed E-state index contributed by atoms with van der Waals surface area (Å²) in [5.41, 5.74) is 0. The second kappa shape index (κ2) is 13.5. The molecule has 0 fully saturated rings. The number of ketones is 2. The number of nitrogens with one attached hydrogen (secondary N) is 2. The third kappa shape index (κ3) is 9.17. The van der Waals surface area contributed by atoms with Crippen molar-refractivity contribution in [1.82, 2.24) is 10.6 Å². The fourth-order valence-electron chi connectivity index (χ4n) is 3.58. The van der Waals surface area contributed by atoms with Crippen LogP contribution in [0.4, 0.5) is 0 Å². The van der Waals surface area contributed by atoms with Crippen LogP contribution in [0.25, 0.3) is 0 Å². The summed E-state index contributed by atoms with van der Waals surface area (Å²) in [5.74, 6) is 1.35. The number of rotatable bonds is 15. The molecule has 28 heavy (non-hydrogen) atoms. The molecule has 6 atom stereocenters. The predicted octanol–water partition coefficient (Wildman–Crippen LogP) is 5.00. The molecular formula is C24H48N2O2. The lowest BCUT2D eigenvalue weighted by molar-refractivity contribution is -0.127. The maximum Gasteiger partial charge on any atom is 0.152 e. The van der Waals surface area contributed by atoms with Crippen molar-refractivity contribution < 1.29 is 9.59 Å². The first-order valence-corrected chi connectivity index (χ1v) is 11.6. The Bertz CT molecular complexity index is 462. The standard InChI is InChI=1S/C24H48N2O2/c1-11-17(7)21(23(27)15(3)4)26-20(10)14-13-19(9)24(28)22(18(8)12-2)25-16(5)6/h15-22,25-26H,11-14H2,1-10H3/t17?,18?,19?,20?,21-,22+/m1/s1. The molecule has 166 valence electrons. The van der Waals surface area contributed by atoms with E-state index in [4.69, 9.17) is 0 Å². The Labute approximate surface area is 175 Å². The quantitative estimate of drug-likeness (QED) is 0.409. The maximum atomic E-state index is 13.0. The van der Waals surface area contributed by atoms with Gasteiger partial charge in [-0.3, -0.25) is 9.59 Å². The van der Waals surface area contributed by atoms with Crippen molar-refractivity contribution in [1.29, 1.82) is 0 Å². The second-order valence-corrected chi connectivity index (χ2v) is 9.55. The zero-order chi connectivity index (χ0) is 22.0. The van der Waals surface area contributed by atoms with E-state index in [-0.39, 0.29) is 30.0 Å². The number of hydrogen-bond donors (Lipinski definition) is 2. The van der Waals surface area contributed by atoms with Gasteiger partial charge in [0.05, 0.1) is 12.1 Å². The summed E-state index contributed by atoms with van der Waals surface area (Å²) in [4.78, 5) is 25.6. The van der Waals surface area contributed by atoms with Crippen molar-refractivity contribution in [3.63, 3.8) is 0 Å². The van der Waals surface area contributed by atoms with E-state index in [0.717, 1.165) is 25.7 Å². The maximum absolute atomic E-state index is 13.0. The van der Waals surface area contributed by atoms with E-state index in [9.17, 15) is 9.59 Å². The lowest BCUT2D eigenvalue weighted by atomic mass is 9.86. The largest absolute Gasteiger partial charge is 0.305 e. The van der Waals surface area contributed by atoms with Gasteiger partial charge in [-0.25, -0.2) is 0 Å². The van der Waals surface area contributed by atoms with Gasteiger partial charge in [-0.1, -0.05) is 75.2 Å². The molecule has 0 bridgehead atoms. The van der Waals surface area contributed by atoms with E-state index >= 15 is 0 Å². The molecule has 0 amide bonds. The van der Waals surface area contributed by atoms with Gasteiger partial charge in [-0.2, -0.15) is 0 Å². The molecule has 4 unspecified atom stereocenters. The van der Waals surface area contributed by atoms with Crippen LogP contribution in [0.3, 0.4) is 0 Å². The Balaban J connectivity index is 4.86. The summed E-state index contributed by atoms with van der Waals surface area (Å²) in [5, 5.41) is 7.03. The van der Waals surface area contributed by atoms with E-state index in [1.807, 2.05) is 13.8 Å². The van der Waals surface area contributed by atoms with Gasteiger partial charge in [0.1, 0.15) is 0 Å². The number of hydrogen-bond acceptors (Lipinski definition) is 4. The van der Waals surface area contributed by atoms with Crippen molar-refractivity contribution in [3.8, 4) is 0 Å². The van der Waals surface area contributed by atoms with Crippen LogP contribution in [0.15, 0.2) is 0 Å². The fraction of sp³-hybridized carbons (Fsp3) is 0.917. The molecule has 2 N–H and O–H groups in total. The summed E-state index contributed by atoms with van der Waals surface area (Å²) in [7, 11) is 0. The van der Waals surface area contributed by atoms with Gasteiger partial charge >= 0.3 is 0 Å². The number of carbonyl (C=O) groups is 2. The molecule has 0 aliphatic carbocycles. The Morgan fingerprint density at radius 2 is 1.14 bits per heavy atom. The molecule has 0 aliphatic heterocycles. The smallest absolute Gasteiger partial charge is 0.152 e. The van der Waals surface area contributed by atoms with Gasteiger partial charge in [0.25, 0.3) is 0 Å². The average molecular weight is 397 g/mol. The van der Waals surface area contributed by atoms with Crippen LogP contribution in [0.5, 0.6) is 0 Å². The van der Waals surface area contributed by atoms with E-state index in [2.05, 4.69) is 66.0 Å². The highest BCUT2D eigenvalue weighted by atomic mass is 16.1. The van der Waals surface area contributed by atoms with E-state index < -0.39 is 0 Å². The molecule has 0 spiro atoms. The van der Waals surface area contributed by atoms with Crippen LogP contribution >= 0.6 is 0 Å². The monoisotopic (exact) mass is 396 g/mol. The first-order chi connectivity index (χ1) is 13.0. The van der Waals surface area contributed by atoms with Gasteiger partial charge in [-0.15, -0.1) is 0 Å². The predicted molar refractivity (Wildman–Crippen MR) is 121 cm³/mol. The van der Waals surface area contributed by atoms with Crippen LogP contribution in [0, 0.1) is 23.7 Å². The third-order valence-corrected chi connectivity index (χ3v) is 6.10. The van der Waals surface area contributed by atoms with Gasteiger partial charge in [0.2, 0.25) is 0 Å². The molecule has 0 aromatic heterocycles. The molecular weight excluding hydrogens is 348 g/mol. The molecule has 4 nitrogen and oxygen atoms in total. The minimum absolute atomic E-state index is 0.0253. The Hall–Kier alpha value is -0.740. The minimum atomic E-state index is -0.0959. The zero-order valence-corrected chi connectivity index (χ0v) is 20.3. The molecule has 0 rings (SSSR count). The third-order valence-electron chi connectivity index (χ3n) is 6.10. The lowest BCUT2D eigenvalue weighted by Crippen LogP contribution is -2.48. The Kier molecular flexibility index (Phi) is 13.1. The summed E-state index contributed by atoms with van der Waals surface area (Å²) >= 11 is 0. The highest BCUT2D eigenvalue weighted by Gasteiger charge is 2.30. The molecule has 0 aromatic carbocycles. The summed E-state index contributed by atoms with van der Waals surface area (Å²) < 4.78 is 0. The second-order valence-electron chi connectivity index (χ2n) is 9.55. The highest BCUT2D eigenvalue weighted by Crippen LogP contribution is 2.19. The van der Waals surface area contributed by atoms with Crippen LogP contribution in [-0.4, -0.2) is 35.7 Å². The summed E-state index contributed by atoms with van der Waals surface area (Å²) in [6, 6.07) is 0.353. The van der Waals surface area contributed by atoms with E-state index in [1.54, 1.807) is 0 Å². The van der Waals surface area contributed by atoms with Crippen molar-refractivity contribution in [3.05, 3.63) is 0 Å². The van der Waals surface area contributed by atoms with Crippen LogP contribution < -0.4 is 10.6 Å². The van der Waals surface area contributed by atoms with Gasteiger partial charge in [0.15, 0.2) is 11.6 Å². The summed E-state index contributed by atoms with van der Waals surface area (Å²) in [6.45, 7) is 20.9. The van der Waals surface area contributed by atoms with Gasteiger partial charge in [0, 0.05) is 23.9 Å². The van der Waals surface area contributed by atoms with Crippen LogP contribution in [0.1, 0.15) is 94.9 Å². The molecule has 0 heterocycles. The fourth-order valence-corrected chi connectivity index (χ4v) is 3.58. The van der Waals surface area contributed by atoms with Crippen molar-refractivity contribution in [2.75, 3.05) is 0 Å². The van der Waals surface area contributed by atoms with Gasteiger partial charge in [-0.05, 0) is 31.6 Å². The molecule has 0 saturated carbocycles. The normalized spacial score (nSPS) is 18.6. The molecule has 0 aliphatic rings. The SMILES string of the molecule is CCC(C)[C@H](NC(C)C)C(=O)C(C)CCC(C)N[C@@H](C(=O)C(C)C)C(C)CC. The minimum Gasteiger partial charge on any atom is -0.305 e. The van der Waals surface area contributed by atoms with E-state index in [0.29, 0.717) is 29.4 Å². The van der Waals surface area contributed by atoms with Crippen LogP contribution in [0.2, 0.25) is 0 Å². The summed E-state index contributed by atoms with van der Waals surface area (Å²) in [6.07, 6.45) is 3.73. The topological polar surface area (TPSA) is 58.2 Å². The van der Waals surface area contributed by atoms with Gasteiger partial charge < -0.3 is 10.6 Å². The highest BCUT2D eigenvalue weighted by molar-refractivity contribution is 5.86. The van der Waals surface area contributed by atoms with Crippen molar-refractivity contribution in [2.45, 2.75) is 119 Å². The van der Waals surface area contributed by atoms with Crippen molar-refractivity contribution in [2.24, 2.45) is 23.7 Å². The molecule has 0 radical (unpaired) electrons. The molecule has 4 heteroatoms. The number of carbonyl (C=O) groups excluding carboxylic acids is 2. The first-order valence-electron chi connectivity index (χ1n) is 11.6. The molecule has 0 saturated heterocycles. The Morgan fingerprint density at radius 3 is 1.54 bits per heavy atom. The average Bonchev–Trinajstić information content (AvgIpc) is 2.65. The first kappa shape index (κ1) is 27.3.